The third-order valence-corrected chi connectivity index (χ3v) is 3.48. The molecule has 1 saturated heterocycles. The van der Waals surface area contributed by atoms with Gasteiger partial charge in [0.05, 0.1) is 17.2 Å². The first-order chi connectivity index (χ1) is 8.09. The summed E-state index contributed by atoms with van der Waals surface area (Å²) in [7, 11) is 0. The van der Waals surface area contributed by atoms with Gasteiger partial charge >= 0.3 is 5.97 Å². The quantitative estimate of drug-likeness (QED) is 0.928. The van der Waals surface area contributed by atoms with Crippen molar-refractivity contribution in [2.75, 3.05) is 6.54 Å². The van der Waals surface area contributed by atoms with E-state index in [2.05, 4.69) is 15.9 Å². The summed E-state index contributed by atoms with van der Waals surface area (Å²) < 4.78 is 5.71. The summed E-state index contributed by atoms with van der Waals surface area (Å²) >= 11 is 3.23. The molecule has 6 heteroatoms. The lowest BCUT2D eigenvalue weighted by molar-refractivity contribution is -0.137. The van der Waals surface area contributed by atoms with Gasteiger partial charge in [-0.1, -0.05) is 0 Å². The van der Waals surface area contributed by atoms with Gasteiger partial charge in [-0.3, -0.25) is 9.59 Å². The van der Waals surface area contributed by atoms with Crippen LogP contribution in [-0.4, -0.2) is 34.5 Å². The van der Waals surface area contributed by atoms with Gasteiger partial charge in [-0.25, -0.2) is 0 Å². The summed E-state index contributed by atoms with van der Waals surface area (Å²) in [5, 5.41) is 8.79. The number of nitrogens with zero attached hydrogens (tertiary/aromatic N) is 1. The van der Waals surface area contributed by atoms with Gasteiger partial charge in [0.2, 0.25) is 5.76 Å². The largest absolute Gasteiger partial charge is 0.481 e. The molecule has 1 unspecified atom stereocenters. The minimum atomic E-state index is -0.881. The second-order valence-corrected chi connectivity index (χ2v) is 4.84. The molecule has 0 aliphatic carbocycles. The number of hydrogen-bond donors (Lipinski definition) is 1. The molecular formula is C11H12BrNO4. The summed E-state index contributed by atoms with van der Waals surface area (Å²) in [6.07, 6.45) is 2.99. The van der Waals surface area contributed by atoms with E-state index in [1.165, 1.54) is 6.26 Å². The maximum absolute atomic E-state index is 12.1. The molecule has 1 aromatic rings. The van der Waals surface area contributed by atoms with Gasteiger partial charge in [0.1, 0.15) is 0 Å². The first-order valence-corrected chi connectivity index (χ1v) is 6.14. The normalized spacial score (nSPS) is 19.6. The van der Waals surface area contributed by atoms with Crippen molar-refractivity contribution >= 4 is 27.8 Å². The summed E-state index contributed by atoms with van der Waals surface area (Å²) in [4.78, 5) is 24.4. The molecule has 1 amide bonds. The Balaban J connectivity index is 2.14. The van der Waals surface area contributed by atoms with Crippen LogP contribution in [0.25, 0.3) is 0 Å². The Morgan fingerprint density at radius 3 is 2.94 bits per heavy atom. The number of aliphatic carboxylic acids is 1. The molecule has 0 bridgehead atoms. The maximum atomic E-state index is 12.1. The molecule has 17 heavy (non-hydrogen) atoms. The number of carbonyl (C=O) groups excluding carboxylic acids is 1. The van der Waals surface area contributed by atoms with Crippen molar-refractivity contribution in [3.05, 3.63) is 22.6 Å². The number of amides is 1. The number of furan rings is 1. The predicted octanol–water partition coefficient (Wildman–Crippen LogP) is 2.12. The van der Waals surface area contributed by atoms with Crippen LogP contribution < -0.4 is 0 Å². The summed E-state index contributed by atoms with van der Waals surface area (Å²) in [6, 6.07) is 1.42. The van der Waals surface area contributed by atoms with Crippen LogP contribution in [0.3, 0.4) is 0 Å². The second kappa shape index (κ2) is 4.91. The zero-order valence-corrected chi connectivity index (χ0v) is 10.6. The van der Waals surface area contributed by atoms with Gasteiger partial charge < -0.3 is 14.4 Å². The molecule has 0 spiro atoms. The van der Waals surface area contributed by atoms with Crippen LogP contribution in [0.2, 0.25) is 0 Å². The highest BCUT2D eigenvalue weighted by atomic mass is 79.9. The smallest absolute Gasteiger partial charge is 0.305 e. The first-order valence-electron chi connectivity index (χ1n) is 5.35. The molecular weight excluding hydrogens is 290 g/mol. The Morgan fingerprint density at radius 1 is 1.59 bits per heavy atom. The third kappa shape index (κ3) is 2.52. The van der Waals surface area contributed by atoms with Gasteiger partial charge in [-0.05, 0) is 34.8 Å². The van der Waals surface area contributed by atoms with Crippen molar-refractivity contribution in [2.45, 2.75) is 25.3 Å². The standard InChI is InChI=1S/C11H12BrNO4/c12-8-3-5-17-10(8)11(16)13-4-1-2-7(13)6-9(14)15/h3,5,7H,1-2,4,6H2,(H,14,15). The Morgan fingerprint density at radius 2 is 2.35 bits per heavy atom. The maximum Gasteiger partial charge on any atom is 0.305 e. The molecule has 1 aliphatic heterocycles. The minimum absolute atomic E-state index is 0.00985. The summed E-state index contributed by atoms with van der Waals surface area (Å²) in [6.45, 7) is 0.587. The predicted molar refractivity (Wildman–Crippen MR) is 62.7 cm³/mol. The van der Waals surface area contributed by atoms with E-state index in [1.807, 2.05) is 0 Å². The van der Waals surface area contributed by atoms with Crippen molar-refractivity contribution in [3.8, 4) is 0 Å². The topological polar surface area (TPSA) is 70.8 Å². The van der Waals surface area contributed by atoms with Crippen LogP contribution in [0.4, 0.5) is 0 Å². The van der Waals surface area contributed by atoms with Crippen molar-refractivity contribution in [2.24, 2.45) is 0 Å². The lowest BCUT2D eigenvalue weighted by atomic mass is 10.1. The lowest BCUT2D eigenvalue weighted by Gasteiger charge is -2.22. The van der Waals surface area contributed by atoms with Crippen LogP contribution in [0.5, 0.6) is 0 Å². The van der Waals surface area contributed by atoms with Crippen LogP contribution in [0, 0.1) is 0 Å². The van der Waals surface area contributed by atoms with E-state index in [9.17, 15) is 9.59 Å². The molecule has 1 fully saturated rings. The molecule has 5 nitrogen and oxygen atoms in total. The van der Waals surface area contributed by atoms with Gasteiger partial charge in [-0.2, -0.15) is 0 Å². The number of hydrogen-bond acceptors (Lipinski definition) is 3. The number of carboxylic acid groups (broad SMARTS) is 1. The second-order valence-electron chi connectivity index (χ2n) is 3.99. The molecule has 1 aromatic heterocycles. The highest BCUT2D eigenvalue weighted by molar-refractivity contribution is 9.10. The Labute approximate surface area is 107 Å². The van der Waals surface area contributed by atoms with Crippen molar-refractivity contribution < 1.29 is 19.1 Å². The molecule has 1 N–H and O–H groups in total. The van der Waals surface area contributed by atoms with Crippen LogP contribution in [0.15, 0.2) is 21.2 Å². The van der Waals surface area contributed by atoms with E-state index in [0.29, 0.717) is 11.0 Å². The highest BCUT2D eigenvalue weighted by Crippen LogP contribution is 2.26. The molecule has 2 rings (SSSR count). The summed E-state index contributed by atoms with van der Waals surface area (Å²) in [5.41, 5.74) is 0. The zero-order chi connectivity index (χ0) is 12.4. The fourth-order valence-electron chi connectivity index (χ4n) is 2.09. The molecule has 0 aromatic carbocycles. The Bertz CT molecular complexity index is 442. The van der Waals surface area contributed by atoms with E-state index >= 15 is 0 Å². The third-order valence-electron chi connectivity index (χ3n) is 2.86. The summed E-state index contributed by atoms with van der Waals surface area (Å²) in [5.74, 6) is -0.888. The van der Waals surface area contributed by atoms with Gasteiger partial charge in [0, 0.05) is 12.6 Å². The molecule has 1 atom stereocenters. The van der Waals surface area contributed by atoms with Crippen LogP contribution >= 0.6 is 15.9 Å². The van der Waals surface area contributed by atoms with E-state index < -0.39 is 5.97 Å². The number of halogens is 1. The molecule has 92 valence electrons. The number of rotatable bonds is 3. The Hall–Kier alpha value is -1.30. The average Bonchev–Trinajstić information content (AvgIpc) is 2.85. The van der Waals surface area contributed by atoms with Crippen LogP contribution in [-0.2, 0) is 4.79 Å². The fourth-order valence-corrected chi connectivity index (χ4v) is 2.46. The Kier molecular flexibility index (Phi) is 3.51. The molecule has 0 radical (unpaired) electrons. The number of likely N-dealkylation sites (tertiary alicyclic amines) is 1. The van der Waals surface area contributed by atoms with Gasteiger partial charge in [0.25, 0.3) is 5.91 Å². The SMILES string of the molecule is O=C(O)CC1CCCN1C(=O)c1occc1Br. The van der Waals surface area contributed by atoms with Crippen LogP contribution in [0.1, 0.15) is 29.8 Å². The highest BCUT2D eigenvalue weighted by Gasteiger charge is 2.33. The average molecular weight is 302 g/mol. The molecule has 1 aliphatic rings. The monoisotopic (exact) mass is 301 g/mol. The number of carboxylic acids is 1. The van der Waals surface area contributed by atoms with E-state index in [4.69, 9.17) is 9.52 Å². The fraction of sp³-hybridized carbons (Fsp3) is 0.455. The minimum Gasteiger partial charge on any atom is -0.481 e. The van der Waals surface area contributed by atoms with Crippen molar-refractivity contribution in [1.29, 1.82) is 0 Å². The number of carbonyl (C=O) groups is 2. The van der Waals surface area contributed by atoms with Gasteiger partial charge in [-0.15, -0.1) is 0 Å². The van der Waals surface area contributed by atoms with E-state index in [1.54, 1.807) is 11.0 Å². The van der Waals surface area contributed by atoms with Crippen molar-refractivity contribution in [1.82, 2.24) is 4.90 Å². The molecule has 2 heterocycles. The van der Waals surface area contributed by atoms with Gasteiger partial charge in [0.15, 0.2) is 0 Å². The van der Waals surface area contributed by atoms with E-state index in [-0.39, 0.29) is 24.1 Å². The lowest BCUT2D eigenvalue weighted by Crippen LogP contribution is -2.36. The first kappa shape index (κ1) is 12.2. The van der Waals surface area contributed by atoms with Crippen molar-refractivity contribution in [3.63, 3.8) is 0 Å². The molecule has 0 saturated carbocycles. The zero-order valence-electron chi connectivity index (χ0n) is 9.06. The van der Waals surface area contributed by atoms with E-state index in [0.717, 1.165) is 12.8 Å².